The van der Waals surface area contributed by atoms with Crippen molar-refractivity contribution in [2.45, 2.75) is 6.42 Å². The maximum Gasteiger partial charge on any atom is 0.153 e. The third-order valence-electron chi connectivity index (χ3n) is 2.37. The number of nitrogens with two attached hydrogens (primary N) is 1. The topological polar surface area (TPSA) is 56.2 Å². The minimum Gasteiger partial charge on any atom is -0.456 e. The molecule has 0 saturated carbocycles. The van der Waals surface area contributed by atoms with Crippen molar-refractivity contribution >= 4 is 22.8 Å². The van der Waals surface area contributed by atoms with Crippen LogP contribution in [0, 0.1) is 0 Å². The van der Waals surface area contributed by atoms with Crippen LogP contribution in [0.25, 0.3) is 16.5 Å². The highest BCUT2D eigenvalue weighted by Gasteiger charge is 2.06. The average molecular weight is 215 g/mol. The number of para-hydroxylation sites is 1. The van der Waals surface area contributed by atoms with E-state index in [0.717, 1.165) is 17.3 Å². The van der Waals surface area contributed by atoms with Crippen molar-refractivity contribution in [3.8, 4) is 0 Å². The molecule has 2 rings (SSSR count). The van der Waals surface area contributed by atoms with E-state index in [0.29, 0.717) is 24.3 Å². The number of hydrogen-bond donors (Lipinski definition) is 1. The number of hydrogen-bond acceptors (Lipinski definition) is 3. The molecular weight excluding hydrogens is 202 g/mol. The Kier molecular flexibility index (Phi) is 3.17. The predicted molar refractivity (Wildman–Crippen MR) is 63.9 cm³/mol. The molecule has 0 spiro atoms. The second-order valence-corrected chi connectivity index (χ2v) is 3.50. The van der Waals surface area contributed by atoms with Crippen LogP contribution in [0.15, 0.2) is 40.8 Å². The van der Waals surface area contributed by atoms with Crippen LogP contribution in [0.4, 0.5) is 0 Å². The highest BCUT2D eigenvalue weighted by atomic mass is 16.3. The number of aldehydes is 1. The Morgan fingerprint density at radius 3 is 2.88 bits per heavy atom. The summed E-state index contributed by atoms with van der Waals surface area (Å²) in [5.41, 5.74) is 6.74. The quantitative estimate of drug-likeness (QED) is 0.629. The van der Waals surface area contributed by atoms with Crippen molar-refractivity contribution in [3.05, 3.63) is 42.2 Å². The highest BCUT2D eigenvalue weighted by molar-refractivity contribution is 6.06. The van der Waals surface area contributed by atoms with E-state index in [9.17, 15) is 4.79 Å². The molecule has 82 valence electrons. The van der Waals surface area contributed by atoms with Crippen LogP contribution in [-0.4, -0.2) is 12.8 Å². The molecule has 0 aliphatic carbocycles. The summed E-state index contributed by atoms with van der Waals surface area (Å²) in [6.07, 6.45) is 3.27. The van der Waals surface area contributed by atoms with Gasteiger partial charge in [-0.15, -0.1) is 0 Å². The molecule has 3 heteroatoms. The van der Waals surface area contributed by atoms with Crippen molar-refractivity contribution in [2.75, 3.05) is 6.54 Å². The summed E-state index contributed by atoms with van der Waals surface area (Å²) in [5.74, 6) is 0.602. The van der Waals surface area contributed by atoms with Gasteiger partial charge in [0.25, 0.3) is 0 Å². The van der Waals surface area contributed by atoms with E-state index >= 15 is 0 Å². The fourth-order valence-corrected chi connectivity index (χ4v) is 1.57. The fourth-order valence-electron chi connectivity index (χ4n) is 1.57. The Labute approximate surface area is 93.5 Å². The number of benzene rings is 1. The number of allylic oxidation sites excluding steroid dienone is 1. The van der Waals surface area contributed by atoms with E-state index in [1.54, 1.807) is 6.08 Å². The van der Waals surface area contributed by atoms with Gasteiger partial charge in [-0.2, -0.15) is 0 Å². The Hall–Kier alpha value is -1.87. The largest absolute Gasteiger partial charge is 0.456 e. The van der Waals surface area contributed by atoms with E-state index < -0.39 is 0 Å². The smallest absolute Gasteiger partial charge is 0.153 e. The summed E-state index contributed by atoms with van der Waals surface area (Å²) in [6, 6.07) is 9.54. The third-order valence-corrected chi connectivity index (χ3v) is 2.37. The van der Waals surface area contributed by atoms with E-state index in [4.69, 9.17) is 10.2 Å². The second-order valence-electron chi connectivity index (χ2n) is 3.50. The predicted octanol–water partition coefficient (Wildman–Crippen LogP) is 2.36. The monoisotopic (exact) mass is 215 g/mol. The average Bonchev–Trinajstić information content (AvgIpc) is 2.73. The van der Waals surface area contributed by atoms with Crippen molar-refractivity contribution in [3.63, 3.8) is 0 Å². The van der Waals surface area contributed by atoms with Gasteiger partial charge in [-0.05, 0) is 25.1 Å². The first kappa shape index (κ1) is 10.6. The number of furan rings is 1. The lowest BCUT2D eigenvalue weighted by Crippen LogP contribution is -1.96. The molecule has 0 aliphatic rings. The van der Waals surface area contributed by atoms with Crippen molar-refractivity contribution < 1.29 is 9.21 Å². The second kappa shape index (κ2) is 4.77. The van der Waals surface area contributed by atoms with Gasteiger partial charge in [0.15, 0.2) is 6.29 Å². The Bertz CT molecular complexity index is 492. The Balaban J connectivity index is 2.41. The first-order valence-corrected chi connectivity index (χ1v) is 5.19. The molecule has 0 aliphatic heterocycles. The Morgan fingerprint density at radius 1 is 1.38 bits per heavy atom. The van der Waals surface area contributed by atoms with Gasteiger partial charge in [0, 0.05) is 5.39 Å². The molecule has 0 atom stereocenters. The molecule has 3 nitrogen and oxygen atoms in total. The van der Waals surface area contributed by atoms with Crippen molar-refractivity contribution in [1.29, 1.82) is 0 Å². The van der Waals surface area contributed by atoms with Gasteiger partial charge in [-0.25, -0.2) is 0 Å². The lowest BCUT2D eigenvalue weighted by molar-refractivity contribution is -0.103. The van der Waals surface area contributed by atoms with Crippen LogP contribution in [0.5, 0.6) is 0 Å². The molecule has 1 aromatic heterocycles. The van der Waals surface area contributed by atoms with E-state index in [-0.39, 0.29) is 0 Å². The zero-order valence-electron chi connectivity index (χ0n) is 8.85. The minimum absolute atomic E-state index is 0.525. The number of carbonyl (C=O) groups excluding carboxylic acids is 1. The number of rotatable bonds is 4. The standard InChI is InChI=1S/C13H13NO2/c14-7-3-5-11(9-15)13-8-10-4-1-2-6-12(10)16-13/h1-2,4-6,8-9H,3,7,14H2/b11-5+. The molecule has 0 saturated heterocycles. The zero-order chi connectivity index (χ0) is 11.4. The first-order valence-electron chi connectivity index (χ1n) is 5.19. The van der Waals surface area contributed by atoms with Crippen LogP contribution in [0.2, 0.25) is 0 Å². The van der Waals surface area contributed by atoms with Crippen LogP contribution in [-0.2, 0) is 4.79 Å². The summed E-state index contributed by atoms with van der Waals surface area (Å²) >= 11 is 0. The van der Waals surface area contributed by atoms with Crippen molar-refractivity contribution in [1.82, 2.24) is 0 Å². The first-order chi connectivity index (χ1) is 7.85. The molecule has 0 unspecified atom stereocenters. The molecule has 0 bridgehead atoms. The van der Waals surface area contributed by atoms with Gasteiger partial charge in [-0.1, -0.05) is 24.3 Å². The summed E-state index contributed by atoms with van der Waals surface area (Å²) < 4.78 is 5.58. The van der Waals surface area contributed by atoms with Gasteiger partial charge in [-0.3, -0.25) is 4.79 Å². The Morgan fingerprint density at radius 2 is 2.19 bits per heavy atom. The van der Waals surface area contributed by atoms with E-state index in [1.165, 1.54) is 0 Å². The minimum atomic E-state index is 0.525. The van der Waals surface area contributed by atoms with Crippen LogP contribution in [0.1, 0.15) is 12.2 Å². The molecular formula is C13H13NO2. The van der Waals surface area contributed by atoms with Gasteiger partial charge in [0.1, 0.15) is 11.3 Å². The number of carbonyl (C=O) groups is 1. The summed E-state index contributed by atoms with van der Waals surface area (Å²) in [7, 11) is 0. The summed E-state index contributed by atoms with van der Waals surface area (Å²) in [5, 5.41) is 0.998. The fraction of sp³-hybridized carbons (Fsp3) is 0.154. The molecule has 16 heavy (non-hydrogen) atoms. The summed E-state index contributed by atoms with van der Waals surface area (Å²) in [4.78, 5) is 10.9. The van der Waals surface area contributed by atoms with Gasteiger partial charge in [0.2, 0.25) is 0 Å². The summed E-state index contributed by atoms with van der Waals surface area (Å²) in [6.45, 7) is 0.525. The molecule has 0 radical (unpaired) electrons. The maximum atomic E-state index is 10.9. The van der Waals surface area contributed by atoms with E-state index in [2.05, 4.69) is 0 Å². The van der Waals surface area contributed by atoms with Gasteiger partial charge in [0.05, 0.1) is 5.57 Å². The molecule has 1 aromatic carbocycles. The normalized spacial score (nSPS) is 11.9. The van der Waals surface area contributed by atoms with Gasteiger partial charge < -0.3 is 10.2 Å². The molecule has 2 aromatic rings. The SMILES string of the molecule is NCC/C=C(\C=O)c1cc2ccccc2o1. The molecule has 2 N–H and O–H groups in total. The van der Waals surface area contributed by atoms with Crippen LogP contribution >= 0.6 is 0 Å². The van der Waals surface area contributed by atoms with Gasteiger partial charge >= 0.3 is 0 Å². The van der Waals surface area contributed by atoms with Crippen LogP contribution in [0.3, 0.4) is 0 Å². The third kappa shape index (κ3) is 2.04. The highest BCUT2D eigenvalue weighted by Crippen LogP contribution is 2.23. The maximum absolute atomic E-state index is 10.9. The van der Waals surface area contributed by atoms with Crippen molar-refractivity contribution in [2.24, 2.45) is 5.73 Å². The van der Waals surface area contributed by atoms with E-state index in [1.807, 2.05) is 30.3 Å². The number of fused-ring (bicyclic) bond motifs is 1. The molecule has 1 heterocycles. The molecule has 0 amide bonds. The molecule has 0 fully saturated rings. The lowest BCUT2D eigenvalue weighted by Gasteiger charge is -1.93. The lowest BCUT2D eigenvalue weighted by atomic mass is 10.1. The zero-order valence-corrected chi connectivity index (χ0v) is 8.85. The van der Waals surface area contributed by atoms with Crippen LogP contribution < -0.4 is 5.73 Å².